The van der Waals surface area contributed by atoms with Crippen molar-refractivity contribution in [1.29, 1.82) is 0 Å². The minimum absolute atomic E-state index is 0.0828. The molecule has 0 aliphatic carbocycles. The van der Waals surface area contributed by atoms with Gasteiger partial charge < -0.3 is 15.0 Å². The molecular weight excluding hydrogens is 356 g/mol. The molecule has 0 atom stereocenters. The summed E-state index contributed by atoms with van der Waals surface area (Å²) in [6, 6.07) is 11.6. The van der Waals surface area contributed by atoms with Crippen LogP contribution in [0.3, 0.4) is 0 Å². The molecule has 1 N–H and O–H groups in total. The van der Waals surface area contributed by atoms with E-state index in [4.69, 9.17) is 16.3 Å². The smallest absolute Gasteiger partial charge is 0.317 e. The molecule has 0 bridgehead atoms. The molecule has 0 radical (unpaired) electrons. The summed E-state index contributed by atoms with van der Waals surface area (Å²) < 4.78 is 6.47. The molecule has 0 saturated heterocycles. The van der Waals surface area contributed by atoms with Gasteiger partial charge in [-0.3, -0.25) is 0 Å². The van der Waals surface area contributed by atoms with Crippen molar-refractivity contribution in [2.45, 2.75) is 33.9 Å². The largest absolute Gasteiger partial charge is 0.493 e. The van der Waals surface area contributed by atoms with Gasteiger partial charge in [-0.25, -0.2) is 4.79 Å². The third-order valence-electron chi connectivity index (χ3n) is 3.57. The molecule has 4 nitrogen and oxygen atoms in total. The fraction of sp³-hybridized carbons (Fsp3) is 0.421. The molecule has 0 fully saturated rings. The lowest BCUT2D eigenvalue weighted by atomic mass is 10.2. The highest BCUT2D eigenvalue weighted by Crippen LogP contribution is 2.22. The quantitative estimate of drug-likeness (QED) is 0.686. The van der Waals surface area contributed by atoms with Gasteiger partial charge in [0, 0.05) is 18.0 Å². The zero-order valence-electron chi connectivity index (χ0n) is 14.9. The van der Waals surface area contributed by atoms with E-state index in [0.717, 1.165) is 20.5 Å². The van der Waals surface area contributed by atoms with Crippen LogP contribution in [0.4, 0.5) is 4.79 Å². The molecule has 136 valence electrons. The Kier molecular flexibility index (Phi) is 7.59. The van der Waals surface area contributed by atoms with Crippen LogP contribution >= 0.6 is 22.9 Å². The van der Waals surface area contributed by atoms with E-state index >= 15 is 0 Å². The van der Waals surface area contributed by atoms with Crippen molar-refractivity contribution >= 4 is 29.0 Å². The van der Waals surface area contributed by atoms with E-state index in [1.165, 1.54) is 11.3 Å². The van der Waals surface area contributed by atoms with E-state index in [-0.39, 0.29) is 6.03 Å². The van der Waals surface area contributed by atoms with Gasteiger partial charge in [-0.1, -0.05) is 37.6 Å². The van der Waals surface area contributed by atoms with Crippen LogP contribution in [0.5, 0.6) is 5.75 Å². The highest BCUT2D eigenvalue weighted by atomic mass is 35.5. The van der Waals surface area contributed by atoms with Crippen molar-refractivity contribution in [2.75, 3.05) is 13.2 Å². The predicted octanol–water partition coefficient (Wildman–Crippen LogP) is 5.17. The lowest BCUT2D eigenvalue weighted by Gasteiger charge is -2.21. The first-order valence-electron chi connectivity index (χ1n) is 8.46. The molecule has 25 heavy (non-hydrogen) atoms. The van der Waals surface area contributed by atoms with E-state index in [2.05, 4.69) is 19.2 Å². The lowest BCUT2D eigenvalue weighted by molar-refractivity contribution is 0.198. The molecule has 0 saturated carbocycles. The number of amides is 2. The summed E-state index contributed by atoms with van der Waals surface area (Å²) in [5.74, 6) is 1.31. The fourth-order valence-electron chi connectivity index (χ4n) is 2.25. The van der Waals surface area contributed by atoms with Crippen molar-refractivity contribution in [3.63, 3.8) is 0 Å². The lowest BCUT2D eigenvalue weighted by Crippen LogP contribution is -2.38. The number of carbonyl (C=O) groups is 1. The SMILES string of the molecule is CCN(Cc1ccc(Cl)s1)C(=O)NCc1cccc(OCC(C)C)c1. The molecule has 2 aromatic rings. The number of halogens is 1. The number of rotatable bonds is 8. The predicted molar refractivity (Wildman–Crippen MR) is 104 cm³/mol. The Morgan fingerprint density at radius 1 is 1.32 bits per heavy atom. The van der Waals surface area contributed by atoms with Crippen LogP contribution in [0.25, 0.3) is 0 Å². The number of nitrogens with one attached hydrogen (secondary N) is 1. The molecule has 2 amide bonds. The first-order chi connectivity index (χ1) is 12.0. The summed E-state index contributed by atoms with van der Waals surface area (Å²) in [6.07, 6.45) is 0. The summed E-state index contributed by atoms with van der Waals surface area (Å²) >= 11 is 7.46. The first-order valence-corrected chi connectivity index (χ1v) is 9.66. The maximum absolute atomic E-state index is 12.4. The number of thiophene rings is 1. The van der Waals surface area contributed by atoms with Gasteiger partial charge in [0.1, 0.15) is 5.75 Å². The standard InChI is InChI=1S/C19H25ClN2O2S/c1-4-22(12-17-8-9-18(20)25-17)19(23)21-11-15-6-5-7-16(10-15)24-13-14(2)3/h5-10,14H,4,11-13H2,1-3H3,(H,21,23). The Morgan fingerprint density at radius 2 is 2.12 bits per heavy atom. The molecule has 6 heteroatoms. The van der Waals surface area contributed by atoms with Gasteiger partial charge in [-0.05, 0) is 42.7 Å². The number of urea groups is 1. The van der Waals surface area contributed by atoms with Gasteiger partial charge in [0.2, 0.25) is 0 Å². The van der Waals surface area contributed by atoms with Gasteiger partial charge in [0.25, 0.3) is 0 Å². The molecular formula is C19H25ClN2O2S. The number of benzene rings is 1. The average molecular weight is 381 g/mol. The van der Waals surface area contributed by atoms with E-state index < -0.39 is 0 Å². The van der Waals surface area contributed by atoms with Crippen LogP contribution in [0.1, 0.15) is 31.2 Å². The molecule has 1 heterocycles. The third-order valence-corrected chi connectivity index (χ3v) is 4.79. The number of carbonyl (C=O) groups excluding carboxylic acids is 1. The molecule has 1 aromatic carbocycles. The van der Waals surface area contributed by atoms with Crippen molar-refractivity contribution in [2.24, 2.45) is 5.92 Å². The fourth-order valence-corrected chi connectivity index (χ4v) is 3.35. The average Bonchev–Trinajstić information content (AvgIpc) is 3.01. The van der Waals surface area contributed by atoms with Crippen LogP contribution in [0, 0.1) is 5.92 Å². The van der Waals surface area contributed by atoms with Crippen LogP contribution < -0.4 is 10.1 Å². The first kappa shape index (κ1) is 19.6. The number of nitrogens with zero attached hydrogens (tertiary/aromatic N) is 1. The van der Waals surface area contributed by atoms with Gasteiger partial charge >= 0.3 is 6.03 Å². The monoisotopic (exact) mass is 380 g/mol. The van der Waals surface area contributed by atoms with Crippen LogP contribution in [-0.2, 0) is 13.1 Å². The van der Waals surface area contributed by atoms with Gasteiger partial charge in [0.05, 0.1) is 17.5 Å². The molecule has 0 aliphatic heterocycles. The van der Waals surface area contributed by atoms with E-state index in [0.29, 0.717) is 32.2 Å². The van der Waals surface area contributed by atoms with Crippen molar-refractivity contribution in [3.05, 3.63) is 51.2 Å². The Bertz CT molecular complexity index is 688. The second-order valence-electron chi connectivity index (χ2n) is 6.23. The maximum atomic E-state index is 12.4. The molecule has 0 spiro atoms. The summed E-state index contributed by atoms with van der Waals surface area (Å²) in [5, 5.41) is 2.97. The normalized spacial score (nSPS) is 10.8. The third kappa shape index (κ3) is 6.59. The topological polar surface area (TPSA) is 41.6 Å². The Balaban J connectivity index is 1.88. The highest BCUT2D eigenvalue weighted by Gasteiger charge is 2.13. The highest BCUT2D eigenvalue weighted by molar-refractivity contribution is 7.16. The van der Waals surface area contributed by atoms with E-state index in [1.807, 2.05) is 43.3 Å². The molecule has 1 aromatic heterocycles. The van der Waals surface area contributed by atoms with Crippen LogP contribution in [0.15, 0.2) is 36.4 Å². The van der Waals surface area contributed by atoms with Crippen molar-refractivity contribution in [3.8, 4) is 5.75 Å². The van der Waals surface area contributed by atoms with E-state index in [9.17, 15) is 4.79 Å². The summed E-state index contributed by atoms with van der Waals surface area (Å²) in [7, 11) is 0. The maximum Gasteiger partial charge on any atom is 0.317 e. The summed E-state index contributed by atoms with van der Waals surface area (Å²) in [4.78, 5) is 15.3. The van der Waals surface area contributed by atoms with Gasteiger partial charge in [0.15, 0.2) is 0 Å². The number of hydrogen-bond donors (Lipinski definition) is 1. The minimum Gasteiger partial charge on any atom is -0.493 e. The molecule has 0 unspecified atom stereocenters. The Labute approximate surface area is 158 Å². The van der Waals surface area contributed by atoms with Crippen molar-refractivity contribution < 1.29 is 9.53 Å². The summed E-state index contributed by atoms with van der Waals surface area (Å²) in [5.41, 5.74) is 1.02. The van der Waals surface area contributed by atoms with Gasteiger partial charge in [-0.2, -0.15) is 0 Å². The second-order valence-corrected chi connectivity index (χ2v) is 8.03. The molecule has 2 rings (SSSR count). The molecule has 0 aliphatic rings. The second kappa shape index (κ2) is 9.68. The van der Waals surface area contributed by atoms with Crippen LogP contribution in [-0.4, -0.2) is 24.1 Å². The zero-order chi connectivity index (χ0) is 18.2. The van der Waals surface area contributed by atoms with E-state index in [1.54, 1.807) is 4.90 Å². The summed E-state index contributed by atoms with van der Waals surface area (Å²) in [6.45, 7) is 8.56. The number of hydrogen-bond acceptors (Lipinski definition) is 3. The van der Waals surface area contributed by atoms with Crippen molar-refractivity contribution in [1.82, 2.24) is 10.2 Å². The number of ether oxygens (including phenoxy) is 1. The van der Waals surface area contributed by atoms with Crippen LogP contribution in [0.2, 0.25) is 4.34 Å². The zero-order valence-corrected chi connectivity index (χ0v) is 16.5. The minimum atomic E-state index is -0.0828. The van der Waals surface area contributed by atoms with Gasteiger partial charge in [-0.15, -0.1) is 11.3 Å². The Hall–Kier alpha value is -1.72. The Morgan fingerprint density at radius 3 is 2.76 bits per heavy atom.